The van der Waals surface area contributed by atoms with E-state index in [1.54, 1.807) is 6.42 Å². The summed E-state index contributed by atoms with van der Waals surface area (Å²) in [6.07, 6.45) is 11.6. The van der Waals surface area contributed by atoms with Crippen molar-refractivity contribution in [3.8, 4) is 0 Å². The van der Waals surface area contributed by atoms with E-state index in [9.17, 15) is 0 Å². The summed E-state index contributed by atoms with van der Waals surface area (Å²) in [6.45, 7) is 2.67. The van der Waals surface area contributed by atoms with Crippen LogP contribution in [-0.4, -0.2) is 30.8 Å². The first-order valence-electron chi connectivity index (χ1n) is 7.59. The Morgan fingerprint density at radius 1 is 1.06 bits per heavy atom. The lowest BCUT2D eigenvalue weighted by Gasteiger charge is -2.27. The van der Waals surface area contributed by atoms with Gasteiger partial charge in [0.1, 0.15) is 0 Å². The molecule has 0 saturated heterocycles. The van der Waals surface area contributed by atoms with Gasteiger partial charge in [-0.05, 0) is 69.2 Å². The zero-order valence-electron chi connectivity index (χ0n) is 11.4. The van der Waals surface area contributed by atoms with Crippen LogP contribution in [0.15, 0.2) is 0 Å². The van der Waals surface area contributed by atoms with E-state index < -0.39 is 0 Å². The Kier molecular flexibility index (Phi) is 5.68. The van der Waals surface area contributed by atoms with Gasteiger partial charge in [0.25, 0.3) is 0 Å². The van der Waals surface area contributed by atoms with E-state index in [1.165, 1.54) is 58.0 Å². The van der Waals surface area contributed by atoms with Crippen LogP contribution in [0.25, 0.3) is 0 Å². The maximum Gasteiger partial charge on any atom is 0.000936 e. The Labute approximate surface area is 113 Å². The van der Waals surface area contributed by atoms with Crippen LogP contribution < -0.4 is 0 Å². The molecule has 0 aliphatic heterocycles. The van der Waals surface area contributed by atoms with Crippen molar-refractivity contribution in [3.63, 3.8) is 0 Å². The summed E-state index contributed by atoms with van der Waals surface area (Å²) < 4.78 is 0. The average molecular weight is 255 g/mol. The molecule has 2 aliphatic rings. The van der Waals surface area contributed by atoms with Crippen molar-refractivity contribution in [1.82, 2.24) is 4.90 Å². The summed E-state index contributed by atoms with van der Waals surface area (Å²) in [4.78, 5) is 2.59. The molecule has 2 saturated carbocycles. The Morgan fingerprint density at radius 2 is 1.88 bits per heavy atom. The van der Waals surface area contributed by atoms with Crippen molar-refractivity contribution in [2.24, 2.45) is 17.8 Å². The topological polar surface area (TPSA) is 3.24 Å². The minimum atomic E-state index is 1.04. The van der Waals surface area contributed by atoms with Crippen LogP contribution in [0.1, 0.15) is 51.4 Å². The molecular formula is C15H29NS. The second-order valence-corrected chi connectivity index (χ2v) is 6.78. The molecule has 100 valence electrons. The van der Waals surface area contributed by atoms with Gasteiger partial charge in [0.05, 0.1) is 0 Å². The highest BCUT2D eigenvalue weighted by molar-refractivity contribution is 7.80. The zero-order chi connectivity index (χ0) is 12.1. The summed E-state index contributed by atoms with van der Waals surface area (Å²) in [5.74, 6) is 4.29. The molecule has 2 fully saturated rings. The SMILES string of the molecule is CN(CCCCCCS)CC1CC2CCC1C2. The van der Waals surface area contributed by atoms with Gasteiger partial charge < -0.3 is 4.90 Å². The first-order chi connectivity index (χ1) is 8.29. The molecule has 3 unspecified atom stereocenters. The number of hydrogen-bond acceptors (Lipinski definition) is 2. The van der Waals surface area contributed by atoms with Gasteiger partial charge >= 0.3 is 0 Å². The van der Waals surface area contributed by atoms with Crippen LogP contribution in [0, 0.1) is 17.8 Å². The standard InChI is InChI=1S/C15H29NS/c1-16(8-4-2-3-5-9-17)12-15-11-13-6-7-14(15)10-13/h13-15,17H,2-12H2,1H3. The highest BCUT2D eigenvalue weighted by Crippen LogP contribution is 2.48. The molecule has 0 amide bonds. The highest BCUT2D eigenvalue weighted by Gasteiger charge is 2.39. The van der Waals surface area contributed by atoms with Gasteiger partial charge in [-0.15, -0.1) is 0 Å². The molecule has 0 radical (unpaired) electrons. The Hall–Kier alpha value is 0.310. The number of nitrogens with zero attached hydrogens (tertiary/aromatic N) is 1. The average Bonchev–Trinajstić information content (AvgIpc) is 2.90. The molecule has 0 aromatic heterocycles. The van der Waals surface area contributed by atoms with Crippen molar-refractivity contribution < 1.29 is 0 Å². The fourth-order valence-electron chi connectivity index (χ4n) is 3.94. The second-order valence-electron chi connectivity index (χ2n) is 6.34. The first-order valence-corrected chi connectivity index (χ1v) is 8.22. The van der Waals surface area contributed by atoms with Crippen molar-refractivity contribution in [1.29, 1.82) is 0 Å². The molecule has 2 heteroatoms. The van der Waals surface area contributed by atoms with Gasteiger partial charge in [-0.2, -0.15) is 12.6 Å². The van der Waals surface area contributed by atoms with Crippen molar-refractivity contribution in [2.45, 2.75) is 51.4 Å². The minimum absolute atomic E-state index is 1.04. The molecule has 2 rings (SSSR count). The smallest absolute Gasteiger partial charge is 0.000936 e. The third-order valence-electron chi connectivity index (χ3n) is 4.88. The van der Waals surface area contributed by atoms with Crippen LogP contribution >= 0.6 is 12.6 Å². The molecule has 0 spiro atoms. The molecular weight excluding hydrogens is 226 g/mol. The van der Waals surface area contributed by atoms with Crippen LogP contribution in [0.3, 0.4) is 0 Å². The van der Waals surface area contributed by atoms with Gasteiger partial charge in [0, 0.05) is 6.54 Å². The zero-order valence-corrected chi connectivity index (χ0v) is 12.3. The van der Waals surface area contributed by atoms with E-state index in [0.29, 0.717) is 0 Å². The van der Waals surface area contributed by atoms with Crippen LogP contribution in [0.2, 0.25) is 0 Å². The van der Waals surface area contributed by atoms with Gasteiger partial charge in [0.15, 0.2) is 0 Å². The summed E-state index contributed by atoms with van der Waals surface area (Å²) in [7, 11) is 2.32. The number of rotatable bonds is 8. The van der Waals surface area contributed by atoms with E-state index in [-0.39, 0.29) is 0 Å². The van der Waals surface area contributed by atoms with Crippen LogP contribution in [0.4, 0.5) is 0 Å². The quantitative estimate of drug-likeness (QED) is 0.509. The molecule has 1 nitrogen and oxygen atoms in total. The summed E-state index contributed by atoms with van der Waals surface area (Å²) in [5, 5.41) is 0. The van der Waals surface area contributed by atoms with Crippen molar-refractivity contribution in [3.05, 3.63) is 0 Å². The minimum Gasteiger partial charge on any atom is -0.306 e. The second kappa shape index (κ2) is 7.04. The predicted molar refractivity (Wildman–Crippen MR) is 78.8 cm³/mol. The van der Waals surface area contributed by atoms with E-state index in [2.05, 4.69) is 24.6 Å². The number of hydrogen-bond donors (Lipinski definition) is 1. The third kappa shape index (κ3) is 4.17. The highest BCUT2D eigenvalue weighted by atomic mass is 32.1. The van der Waals surface area contributed by atoms with E-state index in [1.807, 2.05) is 0 Å². The fourth-order valence-corrected chi connectivity index (χ4v) is 4.16. The van der Waals surface area contributed by atoms with Gasteiger partial charge in [0.2, 0.25) is 0 Å². The Morgan fingerprint density at radius 3 is 2.53 bits per heavy atom. The predicted octanol–water partition coefficient (Wildman–Crippen LogP) is 3.84. The van der Waals surface area contributed by atoms with E-state index in [0.717, 1.165) is 23.5 Å². The lowest BCUT2D eigenvalue weighted by molar-refractivity contribution is 0.217. The Bertz CT molecular complexity index is 219. The molecule has 0 aromatic rings. The molecule has 2 bridgehead atoms. The molecule has 0 heterocycles. The third-order valence-corrected chi connectivity index (χ3v) is 5.19. The molecule has 0 aromatic carbocycles. The maximum atomic E-state index is 4.26. The number of fused-ring (bicyclic) bond motifs is 2. The normalized spacial score (nSPS) is 31.6. The summed E-state index contributed by atoms with van der Waals surface area (Å²) in [5.41, 5.74) is 0. The molecule has 17 heavy (non-hydrogen) atoms. The van der Waals surface area contributed by atoms with Crippen molar-refractivity contribution in [2.75, 3.05) is 25.9 Å². The summed E-state index contributed by atoms with van der Waals surface area (Å²) in [6, 6.07) is 0. The molecule has 0 N–H and O–H groups in total. The van der Waals surface area contributed by atoms with Crippen LogP contribution in [0.5, 0.6) is 0 Å². The largest absolute Gasteiger partial charge is 0.306 e. The fraction of sp³-hybridized carbons (Fsp3) is 1.00. The number of unbranched alkanes of at least 4 members (excludes halogenated alkanes) is 3. The summed E-state index contributed by atoms with van der Waals surface area (Å²) >= 11 is 4.26. The van der Waals surface area contributed by atoms with Crippen LogP contribution in [-0.2, 0) is 0 Å². The lowest BCUT2D eigenvalue weighted by Crippen LogP contribution is -2.29. The van der Waals surface area contributed by atoms with Crippen molar-refractivity contribution >= 4 is 12.6 Å². The molecule has 2 aliphatic carbocycles. The molecule has 3 atom stereocenters. The first kappa shape index (κ1) is 13.7. The van der Waals surface area contributed by atoms with Gasteiger partial charge in [-0.25, -0.2) is 0 Å². The van der Waals surface area contributed by atoms with Gasteiger partial charge in [-0.1, -0.05) is 19.3 Å². The lowest BCUT2D eigenvalue weighted by atomic mass is 9.88. The van der Waals surface area contributed by atoms with E-state index in [4.69, 9.17) is 0 Å². The monoisotopic (exact) mass is 255 g/mol. The van der Waals surface area contributed by atoms with E-state index >= 15 is 0 Å². The van der Waals surface area contributed by atoms with Gasteiger partial charge in [-0.3, -0.25) is 0 Å². The Balaban J connectivity index is 1.53. The maximum absolute atomic E-state index is 4.26. The number of thiol groups is 1.